The number of nitrogens with zero attached hydrogens (tertiary/aromatic N) is 2. The lowest BCUT2D eigenvalue weighted by molar-refractivity contribution is 0.0589. The number of rotatable bonds is 4. The molecule has 1 saturated carbocycles. The van der Waals surface area contributed by atoms with Crippen LogP contribution in [0.5, 0.6) is 0 Å². The summed E-state index contributed by atoms with van der Waals surface area (Å²) in [6.45, 7) is 8.46. The molecule has 1 aromatic carbocycles. The SMILES string of the molecule is c1cc2c(CN3CCN(C4CCC4)CC3)c[nH]c2cc1C1COCCN1. The van der Waals surface area contributed by atoms with Crippen LogP contribution in [-0.2, 0) is 11.3 Å². The van der Waals surface area contributed by atoms with Crippen LogP contribution in [0.25, 0.3) is 10.9 Å². The van der Waals surface area contributed by atoms with E-state index >= 15 is 0 Å². The van der Waals surface area contributed by atoms with Gasteiger partial charge in [0.1, 0.15) is 0 Å². The number of aromatic nitrogens is 1. The summed E-state index contributed by atoms with van der Waals surface area (Å²) < 4.78 is 5.61. The standard InChI is InChI=1S/C21H30N4O/c1-2-18(3-1)25-9-7-24(8-10-25)14-17-13-23-20-12-16(4-5-19(17)20)21-15-26-11-6-22-21/h4-5,12-13,18,21-23H,1-3,6-11,14-15H2. The van der Waals surface area contributed by atoms with Crippen LogP contribution in [0.2, 0.25) is 0 Å². The van der Waals surface area contributed by atoms with Crippen molar-refractivity contribution in [1.29, 1.82) is 0 Å². The van der Waals surface area contributed by atoms with Crippen molar-refractivity contribution in [1.82, 2.24) is 20.1 Å². The van der Waals surface area contributed by atoms with Gasteiger partial charge in [0.05, 0.1) is 19.3 Å². The fraction of sp³-hybridized carbons (Fsp3) is 0.619. The predicted molar refractivity (Wildman–Crippen MR) is 104 cm³/mol. The summed E-state index contributed by atoms with van der Waals surface area (Å²) in [5.41, 5.74) is 3.99. The zero-order valence-corrected chi connectivity index (χ0v) is 15.5. The molecule has 2 aliphatic heterocycles. The van der Waals surface area contributed by atoms with Crippen molar-refractivity contribution < 1.29 is 4.74 Å². The first kappa shape index (κ1) is 16.8. The van der Waals surface area contributed by atoms with Crippen LogP contribution in [0.4, 0.5) is 0 Å². The Balaban J connectivity index is 1.25. The van der Waals surface area contributed by atoms with Gasteiger partial charge in [0.25, 0.3) is 0 Å². The molecular weight excluding hydrogens is 324 g/mol. The second-order valence-electron chi connectivity index (χ2n) is 8.10. The normalized spacial score (nSPS) is 26.2. The second-order valence-corrected chi connectivity index (χ2v) is 8.10. The van der Waals surface area contributed by atoms with Gasteiger partial charge in [-0.15, -0.1) is 0 Å². The first-order valence-corrected chi connectivity index (χ1v) is 10.2. The minimum absolute atomic E-state index is 0.319. The number of benzene rings is 1. The molecule has 0 spiro atoms. The smallest absolute Gasteiger partial charge is 0.0662 e. The van der Waals surface area contributed by atoms with Gasteiger partial charge in [0, 0.05) is 62.4 Å². The molecule has 1 aliphatic carbocycles. The molecule has 26 heavy (non-hydrogen) atoms. The first-order chi connectivity index (χ1) is 12.9. The van der Waals surface area contributed by atoms with Gasteiger partial charge in [0.15, 0.2) is 0 Å². The van der Waals surface area contributed by atoms with E-state index in [9.17, 15) is 0 Å². The van der Waals surface area contributed by atoms with E-state index in [2.05, 4.69) is 44.5 Å². The van der Waals surface area contributed by atoms with E-state index in [-0.39, 0.29) is 0 Å². The fourth-order valence-corrected chi connectivity index (χ4v) is 4.61. The zero-order valence-electron chi connectivity index (χ0n) is 15.5. The molecule has 3 heterocycles. The minimum atomic E-state index is 0.319. The summed E-state index contributed by atoms with van der Waals surface area (Å²) in [5.74, 6) is 0. The van der Waals surface area contributed by atoms with E-state index < -0.39 is 0 Å². The number of piperazine rings is 1. The first-order valence-electron chi connectivity index (χ1n) is 10.2. The third-order valence-corrected chi connectivity index (χ3v) is 6.51. The average molecular weight is 354 g/mol. The van der Waals surface area contributed by atoms with E-state index in [4.69, 9.17) is 4.74 Å². The van der Waals surface area contributed by atoms with Crippen LogP contribution < -0.4 is 5.32 Å². The molecule has 3 aliphatic rings. The van der Waals surface area contributed by atoms with E-state index in [1.54, 1.807) is 0 Å². The quantitative estimate of drug-likeness (QED) is 0.885. The summed E-state index contributed by atoms with van der Waals surface area (Å²) >= 11 is 0. The molecule has 5 nitrogen and oxygen atoms in total. The van der Waals surface area contributed by atoms with Gasteiger partial charge in [-0.25, -0.2) is 0 Å². The Morgan fingerprint density at radius 1 is 1.12 bits per heavy atom. The van der Waals surface area contributed by atoms with Crippen molar-refractivity contribution in [2.45, 2.75) is 37.9 Å². The summed E-state index contributed by atoms with van der Waals surface area (Å²) in [7, 11) is 0. The fourth-order valence-electron chi connectivity index (χ4n) is 4.61. The van der Waals surface area contributed by atoms with Crippen molar-refractivity contribution in [2.75, 3.05) is 45.9 Å². The van der Waals surface area contributed by atoms with Gasteiger partial charge in [-0.05, 0) is 30.0 Å². The Morgan fingerprint density at radius 3 is 2.73 bits per heavy atom. The maximum atomic E-state index is 5.61. The topological polar surface area (TPSA) is 43.5 Å². The molecule has 2 aromatic rings. The van der Waals surface area contributed by atoms with Crippen LogP contribution in [0.3, 0.4) is 0 Å². The van der Waals surface area contributed by atoms with E-state index in [1.807, 2.05) is 0 Å². The molecule has 1 unspecified atom stereocenters. The Labute approximate surface area is 155 Å². The van der Waals surface area contributed by atoms with Crippen molar-refractivity contribution in [3.8, 4) is 0 Å². The molecule has 3 fully saturated rings. The number of morpholine rings is 1. The Bertz CT molecular complexity index is 740. The monoisotopic (exact) mass is 354 g/mol. The highest BCUT2D eigenvalue weighted by Gasteiger charge is 2.28. The van der Waals surface area contributed by atoms with Crippen LogP contribution in [0, 0.1) is 0 Å². The molecule has 2 N–H and O–H groups in total. The zero-order chi connectivity index (χ0) is 17.3. The number of ether oxygens (including phenoxy) is 1. The molecule has 0 radical (unpaired) electrons. The highest BCUT2D eigenvalue weighted by atomic mass is 16.5. The van der Waals surface area contributed by atoms with E-state index in [1.165, 1.54) is 67.5 Å². The van der Waals surface area contributed by atoms with Crippen molar-refractivity contribution in [3.63, 3.8) is 0 Å². The molecule has 1 atom stereocenters. The lowest BCUT2D eigenvalue weighted by Crippen LogP contribution is -2.51. The van der Waals surface area contributed by atoms with Crippen LogP contribution in [0.15, 0.2) is 24.4 Å². The predicted octanol–water partition coefficient (Wildman–Crippen LogP) is 2.50. The van der Waals surface area contributed by atoms with Crippen LogP contribution in [0.1, 0.15) is 36.4 Å². The molecule has 0 amide bonds. The molecule has 5 heteroatoms. The van der Waals surface area contributed by atoms with Crippen molar-refractivity contribution >= 4 is 10.9 Å². The van der Waals surface area contributed by atoms with Gasteiger partial charge < -0.3 is 15.0 Å². The number of hydrogen-bond donors (Lipinski definition) is 2. The summed E-state index contributed by atoms with van der Waals surface area (Å²) in [6, 6.07) is 8.05. The maximum Gasteiger partial charge on any atom is 0.0662 e. The molecular formula is C21H30N4O. The number of fused-ring (bicyclic) bond motifs is 1. The highest BCUT2D eigenvalue weighted by molar-refractivity contribution is 5.83. The Hall–Kier alpha value is -1.40. The lowest BCUT2D eigenvalue weighted by Gasteiger charge is -2.43. The van der Waals surface area contributed by atoms with Gasteiger partial charge >= 0.3 is 0 Å². The number of nitrogens with one attached hydrogen (secondary N) is 2. The van der Waals surface area contributed by atoms with Gasteiger partial charge in [-0.1, -0.05) is 18.6 Å². The Kier molecular flexibility index (Phi) is 4.71. The Morgan fingerprint density at radius 2 is 2.00 bits per heavy atom. The van der Waals surface area contributed by atoms with Crippen LogP contribution >= 0.6 is 0 Å². The third-order valence-electron chi connectivity index (χ3n) is 6.51. The summed E-state index contributed by atoms with van der Waals surface area (Å²) in [5, 5.41) is 4.91. The van der Waals surface area contributed by atoms with Gasteiger partial charge in [0.2, 0.25) is 0 Å². The molecule has 140 valence electrons. The number of hydrogen-bond acceptors (Lipinski definition) is 4. The molecule has 1 aromatic heterocycles. The van der Waals surface area contributed by atoms with Crippen molar-refractivity contribution in [3.05, 3.63) is 35.5 Å². The van der Waals surface area contributed by atoms with E-state index in [0.717, 1.165) is 32.3 Å². The van der Waals surface area contributed by atoms with Crippen LogP contribution in [-0.4, -0.2) is 66.8 Å². The summed E-state index contributed by atoms with van der Waals surface area (Å²) in [4.78, 5) is 8.82. The van der Waals surface area contributed by atoms with Gasteiger partial charge in [-0.2, -0.15) is 0 Å². The number of H-pyrrole nitrogens is 1. The summed E-state index contributed by atoms with van der Waals surface area (Å²) in [6.07, 6.45) is 6.49. The molecule has 0 bridgehead atoms. The minimum Gasteiger partial charge on any atom is -0.378 e. The third kappa shape index (κ3) is 3.29. The average Bonchev–Trinajstić information content (AvgIpc) is 3.05. The van der Waals surface area contributed by atoms with Crippen molar-refractivity contribution in [2.24, 2.45) is 0 Å². The van der Waals surface area contributed by atoms with E-state index in [0.29, 0.717) is 6.04 Å². The maximum absolute atomic E-state index is 5.61. The second kappa shape index (κ2) is 7.31. The molecule has 2 saturated heterocycles. The highest BCUT2D eigenvalue weighted by Crippen LogP contribution is 2.27. The molecule has 5 rings (SSSR count). The largest absolute Gasteiger partial charge is 0.378 e. The number of aromatic amines is 1. The lowest BCUT2D eigenvalue weighted by atomic mass is 9.91. The van der Waals surface area contributed by atoms with Gasteiger partial charge in [-0.3, -0.25) is 9.80 Å².